The lowest BCUT2D eigenvalue weighted by molar-refractivity contribution is -0.116. The van der Waals surface area contributed by atoms with Gasteiger partial charge in [0.1, 0.15) is 11.5 Å². The Morgan fingerprint density at radius 1 is 1.08 bits per heavy atom. The highest BCUT2D eigenvalue weighted by atomic mass is 32.1. The molecule has 2 aromatic heterocycles. The van der Waals surface area contributed by atoms with Gasteiger partial charge in [0.25, 0.3) is 0 Å². The molecule has 1 amide bonds. The van der Waals surface area contributed by atoms with Gasteiger partial charge in [-0.25, -0.2) is 0 Å². The number of amides is 1. The van der Waals surface area contributed by atoms with E-state index in [1.807, 2.05) is 71.8 Å². The molecule has 4 aromatic rings. The third-order valence-corrected chi connectivity index (χ3v) is 6.72. The molecule has 0 radical (unpaired) electrons. The first-order valence-corrected chi connectivity index (χ1v) is 12.3. The number of hydrogen-bond donors (Lipinski definition) is 3. The zero-order chi connectivity index (χ0) is 25.8. The second-order valence-corrected chi connectivity index (χ2v) is 9.02. The molecule has 1 aliphatic heterocycles. The second kappa shape index (κ2) is 10.7. The van der Waals surface area contributed by atoms with E-state index in [0.29, 0.717) is 23.1 Å². The van der Waals surface area contributed by atoms with Crippen molar-refractivity contribution in [3.63, 3.8) is 0 Å². The summed E-state index contributed by atoms with van der Waals surface area (Å²) in [7, 11) is 1.57. The normalized spacial score (nSPS) is 16.9. The van der Waals surface area contributed by atoms with Gasteiger partial charge in [0.2, 0.25) is 5.91 Å². The molecule has 2 atom stereocenters. The molecule has 9 heteroatoms. The van der Waals surface area contributed by atoms with Crippen molar-refractivity contribution in [3.8, 4) is 17.2 Å². The van der Waals surface area contributed by atoms with Crippen molar-refractivity contribution in [1.29, 1.82) is 0 Å². The Bertz CT molecular complexity index is 1390. The number of anilines is 1. The molecule has 0 aliphatic carbocycles. The first-order chi connectivity index (χ1) is 18.0. The van der Waals surface area contributed by atoms with Crippen molar-refractivity contribution >= 4 is 28.9 Å². The summed E-state index contributed by atoms with van der Waals surface area (Å²) in [6, 6.07) is 23.8. The summed E-state index contributed by atoms with van der Waals surface area (Å²) in [6.45, 7) is 0.404. The number of carbonyl (C=O) groups is 1. The molecular formula is C28H27N5O3S. The third-order valence-electron chi connectivity index (χ3n) is 6.37. The van der Waals surface area contributed by atoms with Gasteiger partial charge in [-0.3, -0.25) is 9.78 Å². The van der Waals surface area contributed by atoms with E-state index in [4.69, 9.17) is 17.0 Å². The standard InChI is InChI=1S/C28H27N5O3S/c1-36-24-10-3-2-7-21(24)30-25(35)15-18-33-27(26(31-28(33)37)22-8-4-5-16-29-22)23-9-6-17-32(23)19-11-13-20(34)14-12-19/h2-14,16-17,26-27,34H,15,18H2,1H3,(H,30,35)(H,31,37)/t26-,27-/m1/s1. The predicted octanol–water partition coefficient (Wildman–Crippen LogP) is 4.59. The third kappa shape index (κ3) is 5.12. The van der Waals surface area contributed by atoms with Crippen LogP contribution in [0.15, 0.2) is 91.3 Å². The number of ether oxygens (including phenoxy) is 1. The Kier molecular flexibility index (Phi) is 7.04. The summed E-state index contributed by atoms with van der Waals surface area (Å²) in [5.41, 5.74) is 3.37. The van der Waals surface area contributed by atoms with E-state index in [2.05, 4.69) is 20.2 Å². The van der Waals surface area contributed by atoms with E-state index in [-0.39, 0.29) is 30.2 Å². The number of nitrogens with one attached hydrogen (secondary N) is 2. The number of thiocarbonyl (C=S) groups is 1. The van der Waals surface area contributed by atoms with Crippen molar-refractivity contribution < 1.29 is 14.6 Å². The van der Waals surface area contributed by atoms with Crippen LogP contribution in [0.25, 0.3) is 5.69 Å². The summed E-state index contributed by atoms with van der Waals surface area (Å²) in [5, 5.41) is 16.7. The molecule has 1 aliphatic rings. The summed E-state index contributed by atoms with van der Waals surface area (Å²) in [5.74, 6) is 0.672. The number of aromatic hydroxyl groups is 1. The highest BCUT2D eigenvalue weighted by molar-refractivity contribution is 7.80. The van der Waals surface area contributed by atoms with Gasteiger partial charge in [-0.2, -0.15) is 0 Å². The van der Waals surface area contributed by atoms with Gasteiger partial charge in [0.05, 0.1) is 30.6 Å². The van der Waals surface area contributed by atoms with Crippen LogP contribution >= 0.6 is 12.2 Å². The molecule has 3 N–H and O–H groups in total. The van der Waals surface area contributed by atoms with E-state index < -0.39 is 0 Å². The predicted molar refractivity (Wildman–Crippen MR) is 146 cm³/mol. The van der Waals surface area contributed by atoms with Crippen LogP contribution in [0.2, 0.25) is 0 Å². The number of aromatic nitrogens is 2. The molecular weight excluding hydrogens is 486 g/mol. The Morgan fingerprint density at radius 2 is 1.86 bits per heavy atom. The lowest BCUT2D eigenvalue weighted by atomic mass is 10.0. The number of rotatable bonds is 8. The number of nitrogens with zero attached hydrogens (tertiary/aromatic N) is 3. The fourth-order valence-electron chi connectivity index (χ4n) is 4.63. The SMILES string of the molecule is COc1ccccc1NC(=O)CCN1C(=S)N[C@H](c2ccccn2)[C@H]1c1cccn1-c1ccc(O)cc1. The zero-order valence-corrected chi connectivity index (χ0v) is 21.1. The molecule has 3 heterocycles. The maximum atomic E-state index is 12.9. The number of benzene rings is 2. The number of para-hydroxylation sites is 2. The molecule has 2 aromatic carbocycles. The topological polar surface area (TPSA) is 91.7 Å². The summed E-state index contributed by atoms with van der Waals surface area (Å²) in [6.07, 6.45) is 3.97. The van der Waals surface area contributed by atoms with E-state index in [9.17, 15) is 9.90 Å². The molecule has 188 valence electrons. The van der Waals surface area contributed by atoms with Crippen LogP contribution in [0.1, 0.15) is 29.9 Å². The Morgan fingerprint density at radius 3 is 2.62 bits per heavy atom. The first kappa shape index (κ1) is 24.3. The molecule has 0 spiro atoms. The minimum atomic E-state index is -0.217. The van der Waals surface area contributed by atoms with Crippen molar-refractivity contribution in [2.24, 2.45) is 0 Å². The molecule has 8 nitrogen and oxygen atoms in total. The highest BCUT2D eigenvalue weighted by Gasteiger charge is 2.41. The van der Waals surface area contributed by atoms with Gasteiger partial charge >= 0.3 is 0 Å². The number of phenolic OH excluding ortho intramolecular Hbond substituents is 1. The van der Waals surface area contributed by atoms with Crippen LogP contribution in [0.3, 0.4) is 0 Å². The first-order valence-electron chi connectivity index (χ1n) is 11.9. The average molecular weight is 514 g/mol. The number of hydrogen-bond acceptors (Lipinski definition) is 5. The number of phenols is 1. The van der Waals surface area contributed by atoms with E-state index in [1.54, 1.807) is 31.5 Å². The summed E-state index contributed by atoms with van der Waals surface area (Å²) >= 11 is 5.76. The van der Waals surface area contributed by atoms with Crippen molar-refractivity contribution in [2.75, 3.05) is 19.0 Å². The van der Waals surface area contributed by atoms with Crippen LogP contribution in [-0.4, -0.2) is 44.2 Å². The largest absolute Gasteiger partial charge is 0.508 e. The molecule has 0 bridgehead atoms. The highest BCUT2D eigenvalue weighted by Crippen LogP contribution is 2.39. The van der Waals surface area contributed by atoms with Gasteiger partial charge in [0.15, 0.2) is 5.11 Å². The average Bonchev–Trinajstić information content (AvgIpc) is 3.53. The maximum Gasteiger partial charge on any atom is 0.226 e. The minimum absolute atomic E-state index is 0.138. The number of methoxy groups -OCH3 is 1. The molecule has 1 saturated heterocycles. The van der Waals surface area contributed by atoms with E-state index in [1.165, 1.54) is 0 Å². The van der Waals surface area contributed by atoms with Crippen molar-refractivity contribution in [1.82, 2.24) is 19.8 Å². The molecule has 0 saturated carbocycles. The van der Waals surface area contributed by atoms with Gasteiger partial charge in [-0.15, -0.1) is 0 Å². The lowest BCUT2D eigenvalue weighted by Gasteiger charge is -2.29. The van der Waals surface area contributed by atoms with Crippen LogP contribution in [0.4, 0.5) is 5.69 Å². The van der Waals surface area contributed by atoms with Crippen LogP contribution in [0, 0.1) is 0 Å². The van der Waals surface area contributed by atoms with Gasteiger partial charge < -0.3 is 29.9 Å². The minimum Gasteiger partial charge on any atom is -0.508 e. The maximum absolute atomic E-state index is 12.9. The summed E-state index contributed by atoms with van der Waals surface area (Å²) < 4.78 is 7.42. The van der Waals surface area contributed by atoms with Gasteiger partial charge in [-0.05, 0) is 72.9 Å². The quantitative estimate of drug-likeness (QED) is 0.297. The van der Waals surface area contributed by atoms with Gasteiger partial charge in [0, 0.05) is 36.7 Å². The zero-order valence-electron chi connectivity index (χ0n) is 20.2. The lowest BCUT2D eigenvalue weighted by Crippen LogP contribution is -2.33. The number of pyridine rings is 1. The fourth-order valence-corrected chi connectivity index (χ4v) is 4.97. The van der Waals surface area contributed by atoms with Crippen LogP contribution < -0.4 is 15.4 Å². The fraction of sp³-hybridized carbons (Fsp3) is 0.179. The molecule has 5 rings (SSSR count). The second-order valence-electron chi connectivity index (χ2n) is 8.64. The van der Waals surface area contributed by atoms with Crippen molar-refractivity contribution in [3.05, 3.63) is 103 Å². The monoisotopic (exact) mass is 513 g/mol. The van der Waals surface area contributed by atoms with Crippen molar-refractivity contribution in [2.45, 2.75) is 18.5 Å². The van der Waals surface area contributed by atoms with Crippen LogP contribution in [0.5, 0.6) is 11.5 Å². The smallest absolute Gasteiger partial charge is 0.226 e. The Labute approximate surface area is 220 Å². The molecule has 37 heavy (non-hydrogen) atoms. The molecule has 1 fully saturated rings. The molecule has 0 unspecified atom stereocenters. The Balaban J connectivity index is 1.43. The van der Waals surface area contributed by atoms with E-state index in [0.717, 1.165) is 17.1 Å². The van der Waals surface area contributed by atoms with Gasteiger partial charge in [-0.1, -0.05) is 18.2 Å². The number of carbonyl (C=O) groups excluding carboxylic acids is 1. The van der Waals surface area contributed by atoms with Crippen LogP contribution in [-0.2, 0) is 4.79 Å². The Hall–Kier alpha value is -4.37. The summed E-state index contributed by atoms with van der Waals surface area (Å²) in [4.78, 5) is 19.5. The van der Waals surface area contributed by atoms with E-state index >= 15 is 0 Å².